The molecule has 0 aliphatic rings. The van der Waals surface area contributed by atoms with Gasteiger partial charge in [0.1, 0.15) is 21.7 Å². The zero-order chi connectivity index (χ0) is 20.8. The van der Waals surface area contributed by atoms with E-state index < -0.39 is 0 Å². The molecule has 0 atom stereocenters. The molecule has 4 aromatic rings. The minimum atomic E-state index is 0.280. The van der Waals surface area contributed by atoms with Gasteiger partial charge in [0, 0.05) is 24.0 Å². The zero-order valence-electron chi connectivity index (χ0n) is 15.4. The molecule has 7 nitrogen and oxygen atoms in total. The van der Waals surface area contributed by atoms with Gasteiger partial charge in [-0.2, -0.15) is 0 Å². The predicted molar refractivity (Wildman–Crippen MR) is 120 cm³/mol. The van der Waals surface area contributed by atoms with Gasteiger partial charge >= 0.3 is 0 Å². The van der Waals surface area contributed by atoms with Crippen LogP contribution in [0.1, 0.15) is 5.76 Å². The highest BCUT2D eigenvalue weighted by molar-refractivity contribution is 7.99. The van der Waals surface area contributed by atoms with Crippen molar-refractivity contribution < 1.29 is 4.42 Å². The number of furan rings is 1. The molecule has 10 heteroatoms. The lowest BCUT2D eigenvalue weighted by Gasteiger charge is -2.09. The van der Waals surface area contributed by atoms with Crippen LogP contribution in [0, 0.1) is 0 Å². The van der Waals surface area contributed by atoms with Crippen LogP contribution >= 0.6 is 35.6 Å². The van der Waals surface area contributed by atoms with E-state index in [2.05, 4.69) is 30.6 Å². The van der Waals surface area contributed by atoms with E-state index in [4.69, 9.17) is 28.2 Å². The molecule has 3 heterocycles. The molecule has 30 heavy (non-hydrogen) atoms. The van der Waals surface area contributed by atoms with Crippen molar-refractivity contribution in [1.29, 1.82) is 0 Å². The van der Waals surface area contributed by atoms with Crippen molar-refractivity contribution in [3.8, 4) is 11.3 Å². The summed E-state index contributed by atoms with van der Waals surface area (Å²) in [5.41, 5.74) is 1.02. The Morgan fingerprint density at radius 2 is 1.83 bits per heavy atom. The number of hydrogen-bond donors (Lipinski definition) is 2. The van der Waals surface area contributed by atoms with E-state index in [0.717, 1.165) is 17.1 Å². The Morgan fingerprint density at radius 3 is 2.63 bits per heavy atom. The van der Waals surface area contributed by atoms with Gasteiger partial charge in [-0.3, -0.25) is 0 Å². The Balaban J connectivity index is 1.36. The van der Waals surface area contributed by atoms with Crippen LogP contribution in [0.25, 0.3) is 11.3 Å². The number of aromatic nitrogens is 4. The van der Waals surface area contributed by atoms with Crippen LogP contribution in [-0.4, -0.2) is 25.0 Å². The van der Waals surface area contributed by atoms with Crippen LogP contribution in [0.2, 0.25) is 5.15 Å². The summed E-state index contributed by atoms with van der Waals surface area (Å²) in [4.78, 5) is 16.9. The van der Waals surface area contributed by atoms with E-state index in [1.54, 1.807) is 24.5 Å². The fraction of sp³-hybridized carbons (Fsp3) is 0.0500. The summed E-state index contributed by atoms with van der Waals surface area (Å²) in [5.74, 6) is 1.83. The first-order valence-corrected chi connectivity index (χ1v) is 10.4. The topological polar surface area (TPSA) is 88.8 Å². The first-order chi connectivity index (χ1) is 14.7. The summed E-state index contributed by atoms with van der Waals surface area (Å²) >= 11 is 12.7. The molecule has 0 bridgehead atoms. The fourth-order valence-electron chi connectivity index (χ4n) is 2.48. The smallest absolute Gasteiger partial charge is 0.231 e. The minimum Gasteiger partial charge on any atom is -0.459 e. The van der Waals surface area contributed by atoms with Crippen LogP contribution in [0.15, 0.2) is 81.6 Å². The lowest BCUT2D eigenvalue weighted by molar-refractivity contribution is 0.516. The van der Waals surface area contributed by atoms with E-state index in [9.17, 15) is 0 Å². The van der Waals surface area contributed by atoms with E-state index in [0.29, 0.717) is 21.8 Å². The van der Waals surface area contributed by atoms with Gasteiger partial charge in [0.15, 0.2) is 10.3 Å². The Bertz CT molecular complexity index is 1140. The maximum atomic E-state index is 6.11. The van der Waals surface area contributed by atoms with Gasteiger partial charge in [0.05, 0.1) is 6.54 Å². The molecular weight excluding hydrogens is 440 g/mol. The number of halogens is 1. The summed E-state index contributed by atoms with van der Waals surface area (Å²) < 4.78 is 5.86. The van der Waals surface area contributed by atoms with Gasteiger partial charge in [0.2, 0.25) is 5.95 Å². The molecule has 2 N–H and O–H groups in total. The molecule has 0 saturated carbocycles. The molecule has 0 aliphatic heterocycles. The van der Waals surface area contributed by atoms with Crippen LogP contribution < -0.4 is 10.6 Å². The van der Waals surface area contributed by atoms with Crippen molar-refractivity contribution in [2.75, 3.05) is 5.32 Å². The second-order valence-corrected chi connectivity index (χ2v) is 7.71. The first-order valence-electron chi connectivity index (χ1n) is 8.84. The van der Waals surface area contributed by atoms with Gasteiger partial charge in [-0.1, -0.05) is 41.9 Å². The Labute approximate surface area is 187 Å². The van der Waals surface area contributed by atoms with Gasteiger partial charge in [0.25, 0.3) is 0 Å². The van der Waals surface area contributed by atoms with Gasteiger partial charge in [-0.15, -0.1) is 0 Å². The number of nitrogens with zero attached hydrogens (tertiary/aromatic N) is 4. The van der Waals surface area contributed by atoms with E-state index in [-0.39, 0.29) is 11.1 Å². The molecular formula is C20H15ClN6OS2. The maximum absolute atomic E-state index is 6.11. The quantitative estimate of drug-likeness (QED) is 0.242. The van der Waals surface area contributed by atoms with Crippen molar-refractivity contribution in [1.82, 2.24) is 25.3 Å². The zero-order valence-corrected chi connectivity index (χ0v) is 17.8. The van der Waals surface area contributed by atoms with E-state index >= 15 is 0 Å². The van der Waals surface area contributed by atoms with E-state index in [1.165, 1.54) is 11.8 Å². The summed E-state index contributed by atoms with van der Waals surface area (Å²) in [6.45, 7) is 0.415. The molecule has 4 rings (SSSR count). The third-order valence-electron chi connectivity index (χ3n) is 3.78. The fourth-order valence-corrected chi connectivity index (χ4v) is 3.61. The standard InChI is InChI=1S/C20H15ClN6OS2/c21-16-11-17(30-20-22-9-4-10-23-20)26-18(25-16)27-19(29)24-12-14-7-8-15(28-14)13-5-2-1-3-6-13/h1-11H,12H2,(H2,24,25,26,27,29). The van der Waals surface area contributed by atoms with Crippen molar-refractivity contribution >= 4 is 46.6 Å². The van der Waals surface area contributed by atoms with Crippen LogP contribution in [0.5, 0.6) is 0 Å². The minimum absolute atomic E-state index is 0.280. The van der Waals surface area contributed by atoms with Crippen LogP contribution in [-0.2, 0) is 6.54 Å². The SMILES string of the molecule is S=C(NCc1ccc(-c2ccccc2)o1)Nc1nc(Cl)cc(Sc2ncccn2)n1. The second-order valence-electron chi connectivity index (χ2n) is 5.93. The number of nitrogens with one attached hydrogen (secondary N) is 2. The predicted octanol–water partition coefficient (Wildman–Crippen LogP) is 4.82. The van der Waals surface area contributed by atoms with Gasteiger partial charge < -0.3 is 15.1 Å². The highest BCUT2D eigenvalue weighted by atomic mass is 35.5. The first kappa shape index (κ1) is 20.3. The third kappa shape index (κ3) is 5.53. The molecule has 150 valence electrons. The maximum Gasteiger partial charge on any atom is 0.231 e. The van der Waals surface area contributed by atoms with Crippen LogP contribution in [0.4, 0.5) is 5.95 Å². The molecule has 0 amide bonds. The van der Waals surface area contributed by atoms with E-state index in [1.807, 2.05) is 42.5 Å². The van der Waals surface area contributed by atoms with Crippen molar-refractivity contribution in [3.63, 3.8) is 0 Å². The normalized spacial score (nSPS) is 10.6. The average molecular weight is 455 g/mol. The number of anilines is 1. The monoisotopic (exact) mass is 454 g/mol. The van der Waals surface area contributed by atoms with Crippen molar-refractivity contribution in [3.05, 3.63) is 77.9 Å². The number of hydrogen-bond acceptors (Lipinski definition) is 7. The highest BCUT2D eigenvalue weighted by Crippen LogP contribution is 2.25. The Kier molecular flexibility index (Phi) is 6.53. The molecule has 0 saturated heterocycles. The van der Waals surface area contributed by atoms with Gasteiger partial charge in [-0.05, 0) is 42.2 Å². The molecule has 0 spiro atoms. The number of rotatable bonds is 6. The highest BCUT2D eigenvalue weighted by Gasteiger charge is 2.09. The summed E-state index contributed by atoms with van der Waals surface area (Å²) in [7, 11) is 0. The average Bonchev–Trinajstić information content (AvgIpc) is 3.22. The molecule has 0 fully saturated rings. The Morgan fingerprint density at radius 1 is 1.03 bits per heavy atom. The summed E-state index contributed by atoms with van der Waals surface area (Å²) in [6, 6.07) is 17.1. The van der Waals surface area contributed by atoms with Crippen molar-refractivity contribution in [2.45, 2.75) is 16.7 Å². The molecule has 1 aromatic carbocycles. The summed E-state index contributed by atoms with van der Waals surface area (Å²) in [6.07, 6.45) is 3.32. The van der Waals surface area contributed by atoms with Gasteiger partial charge in [-0.25, -0.2) is 19.9 Å². The Hall–Kier alpha value is -3.01. The summed E-state index contributed by atoms with van der Waals surface area (Å²) in [5, 5.41) is 7.80. The third-order valence-corrected chi connectivity index (χ3v) is 5.03. The molecule has 0 aliphatic carbocycles. The largest absolute Gasteiger partial charge is 0.459 e. The molecule has 3 aromatic heterocycles. The molecule has 0 radical (unpaired) electrons. The molecule has 0 unspecified atom stereocenters. The lowest BCUT2D eigenvalue weighted by Crippen LogP contribution is -2.28. The van der Waals surface area contributed by atoms with Crippen molar-refractivity contribution in [2.24, 2.45) is 0 Å². The second kappa shape index (κ2) is 9.66. The number of benzene rings is 1. The lowest BCUT2D eigenvalue weighted by atomic mass is 10.2. The number of thiocarbonyl (C=S) groups is 1. The van der Waals surface area contributed by atoms with Crippen LogP contribution in [0.3, 0.4) is 0 Å².